The minimum atomic E-state index is -0.387. The zero-order chi connectivity index (χ0) is 14.7. The zero-order valence-corrected chi connectivity index (χ0v) is 12.5. The molecule has 0 bridgehead atoms. The molecular weight excluding hydrogens is 278 g/mol. The van der Waals surface area contributed by atoms with Crippen LogP contribution in [0.25, 0.3) is 0 Å². The van der Waals surface area contributed by atoms with Crippen LogP contribution in [0.4, 0.5) is 0 Å². The molecule has 1 fully saturated rings. The normalized spacial score (nSPS) is 19.1. The van der Waals surface area contributed by atoms with Crippen LogP contribution in [0.1, 0.15) is 25.5 Å². The van der Waals surface area contributed by atoms with Gasteiger partial charge in [0.15, 0.2) is 0 Å². The van der Waals surface area contributed by atoms with E-state index in [4.69, 9.17) is 5.84 Å². The number of nitrogens with two attached hydrogens (primary N) is 1. The van der Waals surface area contributed by atoms with E-state index < -0.39 is 0 Å². The van der Waals surface area contributed by atoms with Gasteiger partial charge >= 0.3 is 0 Å². The molecule has 0 aromatic carbocycles. The lowest BCUT2D eigenvalue weighted by Crippen LogP contribution is -2.40. The van der Waals surface area contributed by atoms with Gasteiger partial charge in [0.25, 0.3) is 5.56 Å². The molecule has 8 heteroatoms. The van der Waals surface area contributed by atoms with Crippen molar-refractivity contribution in [2.45, 2.75) is 31.8 Å². The number of piperidine rings is 1. The maximum Gasteiger partial charge on any atom is 0.294 e. The summed E-state index contributed by atoms with van der Waals surface area (Å²) < 4.78 is 0.944. The van der Waals surface area contributed by atoms with Gasteiger partial charge in [-0.25, -0.2) is 0 Å². The molecule has 1 aliphatic heterocycles. The monoisotopic (exact) mass is 297 g/mol. The van der Waals surface area contributed by atoms with E-state index in [0.717, 1.165) is 35.9 Å². The maximum absolute atomic E-state index is 12.1. The van der Waals surface area contributed by atoms with Gasteiger partial charge in [-0.3, -0.25) is 9.59 Å². The van der Waals surface area contributed by atoms with E-state index in [1.165, 1.54) is 6.42 Å². The minimum Gasteiger partial charge on any atom is -0.342 e. The number of rotatable bonds is 3. The lowest BCUT2D eigenvalue weighted by molar-refractivity contribution is -0.130. The number of thioether (sulfide) groups is 1. The summed E-state index contributed by atoms with van der Waals surface area (Å²) in [6.07, 6.45) is 2.21. The predicted octanol–water partition coefficient (Wildman–Crippen LogP) is 0.0111. The van der Waals surface area contributed by atoms with Crippen LogP contribution in [0.3, 0.4) is 0 Å². The lowest BCUT2D eigenvalue weighted by atomic mass is 10.0. The Hall–Kier alpha value is -1.57. The molecule has 0 spiro atoms. The Balaban J connectivity index is 1.97. The summed E-state index contributed by atoms with van der Waals surface area (Å²) in [5.74, 6) is 6.45. The fourth-order valence-corrected chi connectivity index (χ4v) is 2.96. The van der Waals surface area contributed by atoms with E-state index in [9.17, 15) is 9.59 Å². The SMILES string of the molecule is Cc1nnc(SCC(=O)N2CCC[C@@H](C)C2)n(N)c1=O. The molecule has 2 heterocycles. The van der Waals surface area contributed by atoms with Crippen molar-refractivity contribution in [3.05, 3.63) is 16.0 Å². The molecule has 2 rings (SSSR count). The van der Waals surface area contributed by atoms with E-state index >= 15 is 0 Å². The van der Waals surface area contributed by atoms with Crippen LogP contribution in [0.5, 0.6) is 0 Å². The Morgan fingerprint density at radius 2 is 2.25 bits per heavy atom. The van der Waals surface area contributed by atoms with E-state index in [2.05, 4.69) is 17.1 Å². The van der Waals surface area contributed by atoms with Gasteiger partial charge in [-0.15, -0.1) is 10.2 Å². The van der Waals surface area contributed by atoms with Gasteiger partial charge in [-0.05, 0) is 25.7 Å². The van der Waals surface area contributed by atoms with Crippen molar-refractivity contribution in [2.24, 2.45) is 5.92 Å². The number of aryl methyl sites for hydroxylation is 1. The van der Waals surface area contributed by atoms with Gasteiger partial charge in [0.2, 0.25) is 11.1 Å². The summed E-state index contributed by atoms with van der Waals surface area (Å²) in [6.45, 7) is 5.30. The molecule has 1 aromatic rings. The van der Waals surface area contributed by atoms with Gasteiger partial charge in [-0.1, -0.05) is 18.7 Å². The molecule has 1 aliphatic rings. The quantitative estimate of drug-likeness (QED) is 0.624. The zero-order valence-electron chi connectivity index (χ0n) is 11.7. The second kappa shape index (κ2) is 6.25. The number of nitrogens with zero attached hydrogens (tertiary/aromatic N) is 4. The van der Waals surface area contributed by atoms with Gasteiger partial charge in [0.05, 0.1) is 5.75 Å². The number of likely N-dealkylation sites (tertiary alicyclic amines) is 1. The molecule has 7 nitrogen and oxygen atoms in total. The first kappa shape index (κ1) is 14.8. The fourth-order valence-electron chi connectivity index (χ4n) is 2.20. The van der Waals surface area contributed by atoms with Crippen LogP contribution in [0.15, 0.2) is 9.95 Å². The number of aromatic nitrogens is 3. The van der Waals surface area contributed by atoms with E-state index in [0.29, 0.717) is 5.92 Å². The second-order valence-electron chi connectivity index (χ2n) is 5.12. The highest BCUT2D eigenvalue weighted by Gasteiger charge is 2.21. The molecule has 0 aliphatic carbocycles. The van der Waals surface area contributed by atoms with Gasteiger partial charge in [0.1, 0.15) is 5.69 Å². The minimum absolute atomic E-state index is 0.0522. The Morgan fingerprint density at radius 1 is 1.50 bits per heavy atom. The average Bonchev–Trinajstić information content (AvgIpc) is 2.44. The molecular formula is C12H19N5O2S. The lowest BCUT2D eigenvalue weighted by Gasteiger charge is -2.30. The third kappa shape index (κ3) is 3.30. The molecule has 2 N–H and O–H groups in total. The Morgan fingerprint density at radius 3 is 2.95 bits per heavy atom. The highest BCUT2D eigenvalue weighted by Crippen LogP contribution is 2.18. The molecule has 1 aromatic heterocycles. The maximum atomic E-state index is 12.1. The smallest absolute Gasteiger partial charge is 0.294 e. The summed E-state index contributed by atoms with van der Waals surface area (Å²) >= 11 is 1.15. The van der Waals surface area contributed by atoms with Gasteiger partial charge in [0, 0.05) is 13.1 Å². The summed E-state index contributed by atoms with van der Waals surface area (Å²) in [5.41, 5.74) is -0.144. The first-order valence-corrected chi connectivity index (χ1v) is 7.59. The van der Waals surface area contributed by atoms with Gasteiger partial charge in [-0.2, -0.15) is 4.68 Å². The highest BCUT2D eigenvalue weighted by atomic mass is 32.2. The van der Waals surface area contributed by atoms with Crippen molar-refractivity contribution in [1.29, 1.82) is 0 Å². The Kier molecular flexibility index (Phi) is 4.64. The van der Waals surface area contributed by atoms with Crippen LogP contribution in [-0.4, -0.2) is 44.5 Å². The van der Waals surface area contributed by atoms with Crippen LogP contribution in [0, 0.1) is 12.8 Å². The molecule has 1 amide bonds. The standard InChI is InChI=1S/C12H19N5O2S/c1-8-4-3-5-16(6-8)10(18)7-20-12-15-14-9(2)11(19)17(12)13/h8H,3-7,13H2,1-2H3/t8-/m1/s1. The summed E-state index contributed by atoms with van der Waals surface area (Å²) in [4.78, 5) is 25.6. The van der Waals surface area contributed by atoms with Crippen molar-refractivity contribution in [3.63, 3.8) is 0 Å². The fraction of sp³-hybridized carbons (Fsp3) is 0.667. The van der Waals surface area contributed by atoms with Crippen molar-refractivity contribution in [1.82, 2.24) is 19.8 Å². The Labute approximate surface area is 121 Å². The van der Waals surface area contributed by atoms with E-state index in [1.807, 2.05) is 4.90 Å². The molecule has 0 unspecified atom stereocenters. The number of nitrogen functional groups attached to an aromatic ring is 1. The second-order valence-corrected chi connectivity index (χ2v) is 6.06. The first-order valence-electron chi connectivity index (χ1n) is 6.61. The highest BCUT2D eigenvalue weighted by molar-refractivity contribution is 7.99. The van der Waals surface area contributed by atoms with Crippen LogP contribution in [0.2, 0.25) is 0 Å². The number of hydrogen-bond donors (Lipinski definition) is 1. The number of hydrogen-bond acceptors (Lipinski definition) is 6. The van der Waals surface area contributed by atoms with Crippen molar-refractivity contribution in [3.8, 4) is 0 Å². The molecule has 1 atom stereocenters. The summed E-state index contributed by atoms with van der Waals surface area (Å²) in [6, 6.07) is 0. The van der Waals surface area contributed by atoms with Crippen LogP contribution in [-0.2, 0) is 4.79 Å². The Bertz CT molecular complexity index is 559. The molecule has 110 valence electrons. The van der Waals surface area contributed by atoms with Crippen molar-refractivity contribution >= 4 is 17.7 Å². The number of carbonyl (C=O) groups excluding carboxylic acids is 1. The first-order chi connectivity index (χ1) is 9.49. The molecule has 1 saturated heterocycles. The average molecular weight is 297 g/mol. The predicted molar refractivity (Wildman–Crippen MR) is 76.9 cm³/mol. The van der Waals surface area contributed by atoms with Crippen LogP contribution < -0.4 is 11.4 Å². The third-order valence-corrected chi connectivity index (χ3v) is 4.28. The number of amides is 1. The van der Waals surface area contributed by atoms with Crippen molar-refractivity contribution < 1.29 is 4.79 Å². The molecule has 20 heavy (non-hydrogen) atoms. The summed E-state index contributed by atoms with van der Waals surface area (Å²) in [5, 5.41) is 7.85. The molecule has 0 saturated carbocycles. The van der Waals surface area contributed by atoms with Crippen LogP contribution >= 0.6 is 11.8 Å². The van der Waals surface area contributed by atoms with Crippen molar-refractivity contribution in [2.75, 3.05) is 24.7 Å². The summed E-state index contributed by atoms with van der Waals surface area (Å²) in [7, 11) is 0. The van der Waals surface area contributed by atoms with Gasteiger partial charge < -0.3 is 10.7 Å². The number of carbonyl (C=O) groups is 1. The van der Waals surface area contributed by atoms with E-state index in [1.54, 1.807) is 6.92 Å². The molecule has 0 radical (unpaired) electrons. The third-order valence-electron chi connectivity index (χ3n) is 3.35. The van der Waals surface area contributed by atoms with E-state index in [-0.39, 0.29) is 28.1 Å². The largest absolute Gasteiger partial charge is 0.342 e. The topological polar surface area (TPSA) is 94.1 Å².